The molecule has 1 aliphatic carbocycles. The Morgan fingerprint density at radius 1 is 1.26 bits per heavy atom. The molecule has 0 bridgehead atoms. The number of urea groups is 1. The van der Waals surface area contributed by atoms with E-state index in [2.05, 4.69) is 15.5 Å². The van der Waals surface area contributed by atoms with E-state index in [1.54, 1.807) is 11.8 Å². The van der Waals surface area contributed by atoms with Crippen molar-refractivity contribution in [3.8, 4) is 0 Å². The topological polar surface area (TPSA) is 101 Å². The Kier molecular flexibility index (Phi) is 4.79. The molecule has 4 rings (SSSR count). The molecule has 148 valence electrons. The molecule has 1 saturated carbocycles. The van der Waals surface area contributed by atoms with Gasteiger partial charge >= 0.3 is 6.03 Å². The number of carbonyl (C=O) groups excluding carboxylic acids is 2. The molecule has 3 aliphatic rings. The second kappa shape index (κ2) is 7.10. The monoisotopic (exact) mass is 377 g/mol. The number of nitrogens with zero attached hydrogens (tertiary/aromatic N) is 4. The van der Waals surface area contributed by atoms with Gasteiger partial charge < -0.3 is 24.4 Å². The van der Waals surface area contributed by atoms with E-state index in [4.69, 9.17) is 9.26 Å². The Balaban J connectivity index is 1.45. The van der Waals surface area contributed by atoms with E-state index < -0.39 is 0 Å². The van der Waals surface area contributed by atoms with Gasteiger partial charge in [0, 0.05) is 44.7 Å². The second-order valence-corrected chi connectivity index (χ2v) is 8.09. The van der Waals surface area contributed by atoms with E-state index >= 15 is 0 Å². The molecule has 0 aromatic carbocycles. The predicted octanol–water partition coefficient (Wildman–Crippen LogP) is 0.904. The lowest BCUT2D eigenvalue weighted by atomic mass is 9.71. The predicted molar refractivity (Wildman–Crippen MR) is 95.0 cm³/mol. The Labute approximate surface area is 158 Å². The molecule has 1 aromatic heterocycles. The van der Waals surface area contributed by atoms with Crippen molar-refractivity contribution < 1.29 is 18.8 Å². The van der Waals surface area contributed by atoms with Gasteiger partial charge in [-0.25, -0.2) is 4.79 Å². The first kappa shape index (κ1) is 18.2. The van der Waals surface area contributed by atoms with Crippen LogP contribution in [-0.4, -0.2) is 77.8 Å². The number of amides is 3. The average Bonchev–Trinajstić information content (AvgIpc) is 3.32. The van der Waals surface area contributed by atoms with Crippen molar-refractivity contribution in [3.05, 3.63) is 11.7 Å². The van der Waals surface area contributed by atoms with Crippen molar-refractivity contribution in [2.24, 2.45) is 5.41 Å². The van der Waals surface area contributed by atoms with Gasteiger partial charge in [0.15, 0.2) is 5.82 Å². The van der Waals surface area contributed by atoms with Crippen LogP contribution in [0.25, 0.3) is 0 Å². The largest absolute Gasteiger partial charge is 0.375 e. The van der Waals surface area contributed by atoms with Gasteiger partial charge in [-0.1, -0.05) is 18.0 Å². The maximum Gasteiger partial charge on any atom is 0.317 e. The fourth-order valence-corrected chi connectivity index (χ4v) is 4.68. The third-order valence-electron chi connectivity index (χ3n) is 6.09. The van der Waals surface area contributed by atoms with Crippen molar-refractivity contribution in [2.75, 3.05) is 39.9 Å². The average molecular weight is 377 g/mol. The van der Waals surface area contributed by atoms with Crippen LogP contribution >= 0.6 is 0 Å². The first-order chi connectivity index (χ1) is 13.0. The molecule has 1 spiro atoms. The van der Waals surface area contributed by atoms with E-state index in [1.165, 1.54) is 20.0 Å². The molecule has 9 heteroatoms. The van der Waals surface area contributed by atoms with Gasteiger partial charge in [-0.15, -0.1) is 0 Å². The Hall–Kier alpha value is -2.16. The summed E-state index contributed by atoms with van der Waals surface area (Å²) < 4.78 is 10.4. The van der Waals surface area contributed by atoms with Crippen LogP contribution < -0.4 is 5.32 Å². The summed E-state index contributed by atoms with van der Waals surface area (Å²) in [6.45, 7) is 4.11. The fourth-order valence-electron chi connectivity index (χ4n) is 4.68. The number of nitrogens with one attached hydrogen (secondary N) is 1. The number of methoxy groups -OCH3 is 1. The van der Waals surface area contributed by atoms with Crippen LogP contribution in [0.1, 0.15) is 43.3 Å². The number of hydrogen-bond donors (Lipinski definition) is 1. The van der Waals surface area contributed by atoms with Crippen LogP contribution in [-0.2, 0) is 9.53 Å². The summed E-state index contributed by atoms with van der Waals surface area (Å²) >= 11 is 0. The first-order valence-electron chi connectivity index (χ1n) is 9.63. The molecule has 1 atom stereocenters. The normalized spacial score (nSPS) is 24.4. The quantitative estimate of drug-likeness (QED) is 0.837. The maximum absolute atomic E-state index is 12.5. The number of hydrogen-bond acceptors (Lipinski definition) is 6. The third kappa shape index (κ3) is 3.40. The van der Waals surface area contributed by atoms with Crippen LogP contribution in [0.3, 0.4) is 0 Å². The molecule has 27 heavy (non-hydrogen) atoms. The molecule has 1 unspecified atom stereocenters. The summed E-state index contributed by atoms with van der Waals surface area (Å²) in [6, 6.07) is 0.293. The van der Waals surface area contributed by atoms with Crippen molar-refractivity contribution >= 4 is 11.9 Å². The number of aryl methyl sites for hydroxylation is 1. The molecular weight excluding hydrogens is 350 g/mol. The zero-order chi connectivity index (χ0) is 19.0. The number of aromatic nitrogens is 2. The summed E-state index contributed by atoms with van der Waals surface area (Å²) in [5.41, 5.74) is -0.227. The van der Waals surface area contributed by atoms with Crippen molar-refractivity contribution in [2.45, 2.75) is 44.6 Å². The van der Waals surface area contributed by atoms with E-state index in [0.29, 0.717) is 43.9 Å². The van der Waals surface area contributed by atoms with Crippen LogP contribution in [0, 0.1) is 12.3 Å². The van der Waals surface area contributed by atoms with Crippen LogP contribution in [0.15, 0.2) is 4.52 Å². The molecule has 1 aromatic rings. The lowest BCUT2D eigenvalue weighted by Crippen LogP contribution is -2.64. The van der Waals surface area contributed by atoms with E-state index in [1.807, 2.05) is 4.90 Å². The molecular formula is C18H27N5O4. The van der Waals surface area contributed by atoms with Crippen molar-refractivity contribution in [3.63, 3.8) is 0 Å². The first-order valence-corrected chi connectivity index (χ1v) is 9.63. The highest BCUT2D eigenvalue weighted by molar-refractivity contribution is 5.79. The lowest BCUT2D eigenvalue weighted by Gasteiger charge is -2.50. The van der Waals surface area contributed by atoms with E-state index in [-0.39, 0.29) is 29.9 Å². The van der Waals surface area contributed by atoms with Gasteiger partial charge in [0.1, 0.15) is 6.61 Å². The number of ether oxygens (including phenoxy) is 1. The Bertz CT molecular complexity index is 708. The minimum Gasteiger partial charge on any atom is -0.375 e. The highest BCUT2D eigenvalue weighted by Gasteiger charge is 2.58. The van der Waals surface area contributed by atoms with E-state index in [9.17, 15) is 9.59 Å². The lowest BCUT2D eigenvalue weighted by molar-refractivity contribution is -0.134. The fraction of sp³-hybridized carbons (Fsp3) is 0.778. The van der Waals surface area contributed by atoms with Crippen LogP contribution in [0.2, 0.25) is 0 Å². The van der Waals surface area contributed by atoms with Crippen LogP contribution in [0.4, 0.5) is 4.79 Å². The number of carbonyl (C=O) groups is 2. The van der Waals surface area contributed by atoms with Gasteiger partial charge in [-0.05, 0) is 19.8 Å². The SMILES string of the molecule is COCC(=O)N1CC(c2nc(C)no2)C2(C1)CN(C(=O)NC1CCCC1)C2. The van der Waals surface area contributed by atoms with E-state index in [0.717, 1.165) is 12.8 Å². The number of rotatable bonds is 4. The van der Waals surface area contributed by atoms with Gasteiger partial charge in [-0.3, -0.25) is 4.79 Å². The zero-order valence-electron chi connectivity index (χ0n) is 15.9. The minimum absolute atomic E-state index is 0.00495. The summed E-state index contributed by atoms with van der Waals surface area (Å²) in [4.78, 5) is 32.9. The Morgan fingerprint density at radius 2 is 1.96 bits per heavy atom. The minimum atomic E-state index is -0.227. The number of likely N-dealkylation sites (tertiary alicyclic amines) is 2. The van der Waals surface area contributed by atoms with Gasteiger partial charge in [0.05, 0.1) is 5.92 Å². The molecule has 3 fully saturated rings. The third-order valence-corrected chi connectivity index (χ3v) is 6.09. The maximum atomic E-state index is 12.5. The molecule has 0 radical (unpaired) electrons. The van der Waals surface area contributed by atoms with Crippen LogP contribution in [0.5, 0.6) is 0 Å². The summed E-state index contributed by atoms with van der Waals surface area (Å²) in [7, 11) is 1.51. The van der Waals surface area contributed by atoms with Gasteiger partial charge in [-0.2, -0.15) is 4.98 Å². The summed E-state index contributed by atoms with van der Waals surface area (Å²) in [6.07, 6.45) is 4.50. The zero-order valence-corrected chi connectivity index (χ0v) is 15.9. The smallest absolute Gasteiger partial charge is 0.317 e. The van der Waals surface area contributed by atoms with Crippen molar-refractivity contribution in [1.29, 1.82) is 0 Å². The highest BCUT2D eigenvalue weighted by atomic mass is 16.5. The highest BCUT2D eigenvalue weighted by Crippen LogP contribution is 2.48. The molecule has 9 nitrogen and oxygen atoms in total. The molecule has 3 heterocycles. The summed E-state index contributed by atoms with van der Waals surface area (Å²) in [5, 5.41) is 7.04. The van der Waals surface area contributed by atoms with Crippen molar-refractivity contribution in [1.82, 2.24) is 25.3 Å². The second-order valence-electron chi connectivity index (χ2n) is 8.09. The Morgan fingerprint density at radius 3 is 2.59 bits per heavy atom. The standard InChI is InChI=1S/C18H27N5O4/c1-12-19-16(27-21-12)14-7-22(15(24)8-26-2)9-18(14)10-23(11-18)17(25)20-13-5-3-4-6-13/h13-14H,3-11H2,1-2H3,(H,20,25). The summed E-state index contributed by atoms with van der Waals surface area (Å²) in [5.74, 6) is 1.02. The molecule has 1 N–H and O–H groups in total. The molecule has 3 amide bonds. The van der Waals surface area contributed by atoms with Gasteiger partial charge in [0.25, 0.3) is 0 Å². The molecule has 2 saturated heterocycles. The molecule has 2 aliphatic heterocycles. The van der Waals surface area contributed by atoms with Gasteiger partial charge in [0.2, 0.25) is 11.8 Å².